The van der Waals surface area contributed by atoms with Crippen molar-refractivity contribution in [3.8, 4) is 0 Å². The van der Waals surface area contributed by atoms with Crippen LogP contribution in [0.15, 0.2) is 0 Å². The van der Waals surface area contributed by atoms with Crippen LogP contribution >= 0.6 is 0 Å². The van der Waals surface area contributed by atoms with E-state index >= 15 is 0 Å². The number of ether oxygens (including phenoxy) is 2. The van der Waals surface area contributed by atoms with Gasteiger partial charge in [-0.3, -0.25) is 0 Å². The van der Waals surface area contributed by atoms with Crippen LogP contribution in [0.4, 0.5) is 0 Å². The quantitative estimate of drug-likeness (QED) is 0.624. The van der Waals surface area contributed by atoms with E-state index in [0.717, 1.165) is 19.1 Å². The molecule has 0 unspecified atom stereocenters. The van der Waals surface area contributed by atoms with Crippen LogP contribution in [0.3, 0.4) is 0 Å². The maximum Gasteiger partial charge on any atom is 0.0811 e. The van der Waals surface area contributed by atoms with Crippen LogP contribution in [0, 0.1) is 5.92 Å². The zero-order valence-corrected chi connectivity index (χ0v) is 7.51. The van der Waals surface area contributed by atoms with Gasteiger partial charge in [-0.15, -0.1) is 0 Å². The molecule has 2 nitrogen and oxygen atoms in total. The van der Waals surface area contributed by atoms with E-state index < -0.39 is 0 Å². The highest BCUT2D eigenvalue weighted by atomic mass is 16.5. The first-order chi connectivity index (χ1) is 5.36. The standard InChI is InChI=1S/C9H18O2/c1-3-8-4-5-11-9(6-8)7-10-2/h8-9H,3-7H2,1-2H3/t8-,9+/m0/s1. The molecule has 0 radical (unpaired) electrons. The van der Waals surface area contributed by atoms with Crippen molar-refractivity contribution in [1.29, 1.82) is 0 Å². The van der Waals surface area contributed by atoms with E-state index in [1.54, 1.807) is 7.11 Å². The Balaban J connectivity index is 2.21. The Labute approximate surface area is 68.9 Å². The molecule has 0 N–H and O–H groups in total. The van der Waals surface area contributed by atoms with Crippen molar-refractivity contribution in [2.45, 2.75) is 32.3 Å². The van der Waals surface area contributed by atoms with Crippen LogP contribution in [0.1, 0.15) is 26.2 Å². The van der Waals surface area contributed by atoms with Crippen molar-refractivity contribution in [2.75, 3.05) is 20.3 Å². The van der Waals surface area contributed by atoms with Gasteiger partial charge in [0.15, 0.2) is 0 Å². The summed E-state index contributed by atoms with van der Waals surface area (Å²) in [6.45, 7) is 3.93. The van der Waals surface area contributed by atoms with Gasteiger partial charge in [0, 0.05) is 13.7 Å². The molecule has 0 bridgehead atoms. The minimum absolute atomic E-state index is 0.360. The summed E-state index contributed by atoms with van der Waals surface area (Å²) in [4.78, 5) is 0. The van der Waals surface area contributed by atoms with Crippen molar-refractivity contribution in [3.63, 3.8) is 0 Å². The first-order valence-corrected chi connectivity index (χ1v) is 4.47. The largest absolute Gasteiger partial charge is 0.382 e. The molecule has 66 valence electrons. The van der Waals surface area contributed by atoms with Crippen LogP contribution in [-0.2, 0) is 9.47 Å². The molecule has 1 aliphatic rings. The molecular formula is C9H18O2. The monoisotopic (exact) mass is 158 g/mol. The summed E-state index contributed by atoms with van der Waals surface area (Å²) in [5, 5.41) is 0. The van der Waals surface area contributed by atoms with E-state index in [0.29, 0.717) is 6.10 Å². The fourth-order valence-corrected chi connectivity index (χ4v) is 1.63. The Bertz CT molecular complexity index is 102. The lowest BCUT2D eigenvalue weighted by Crippen LogP contribution is -2.28. The summed E-state index contributed by atoms with van der Waals surface area (Å²) in [5.41, 5.74) is 0. The molecule has 0 aromatic carbocycles. The van der Waals surface area contributed by atoms with Gasteiger partial charge < -0.3 is 9.47 Å². The molecule has 11 heavy (non-hydrogen) atoms. The van der Waals surface area contributed by atoms with Gasteiger partial charge in [-0.2, -0.15) is 0 Å². The van der Waals surface area contributed by atoms with E-state index in [2.05, 4.69) is 6.92 Å². The smallest absolute Gasteiger partial charge is 0.0811 e. The molecule has 1 fully saturated rings. The summed E-state index contributed by atoms with van der Waals surface area (Å²) in [6.07, 6.45) is 4.06. The second-order valence-corrected chi connectivity index (χ2v) is 3.25. The summed E-state index contributed by atoms with van der Waals surface area (Å²) < 4.78 is 10.6. The Morgan fingerprint density at radius 2 is 2.36 bits per heavy atom. The molecule has 2 heteroatoms. The Morgan fingerprint density at radius 1 is 1.55 bits per heavy atom. The molecule has 1 heterocycles. The zero-order chi connectivity index (χ0) is 8.10. The van der Waals surface area contributed by atoms with Gasteiger partial charge in [-0.05, 0) is 18.8 Å². The average Bonchev–Trinajstić information content (AvgIpc) is 2.06. The van der Waals surface area contributed by atoms with Crippen molar-refractivity contribution in [1.82, 2.24) is 0 Å². The minimum atomic E-state index is 0.360. The van der Waals surface area contributed by atoms with Gasteiger partial charge in [-0.25, -0.2) is 0 Å². The van der Waals surface area contributed by atoms with E-state index in [1.165, 1.54) is 19.3 Å². The molecule has 1 saturated heterocycles. The highest BCUT2D eigenvalue weighted by Gasteiger charge is 2.20. The summed E-state index contributed by atoms with van der Waals surface area (Å²) in [7, 11) is 1.74. The molecule has 0 aromatic rings. The van der Waals surface area contributed by atoms with Crippen LogP contribution in [-0.4, -0.2) is 26.4 Å². The third-order valence-corrected chi connectivity index (χ3v) is 2.41. The fourth-order valence-electron chi connectivity index (χ4n) is 1.63. The fraction of sp³-hybridized carbons (Fsp3) is 1.00. The molecule has 1 aliphatic heterocycles. The summed E-state index contributed by atoms with van der Waals surface area (Å²) in [6, 6.07) is 0. The third-order valence-electron chi connectivity index (χ3n) is 2.41. The topological polar surface area (TPSA) is 18.5 Å². The molecule has 2 atom stereocenters. The molecule has 0 spiro atoms. The lowest BCUT2D eigenvalue weighted by Gasteiger charge is -2.28. The number of methoxy groups -OCH3 is 1. The van der Waals surface area contributed by atoms with Crippen molar-refractivity contribution in [3.05, 3.63) is 0 Å². The van der Waals surface area contributed by atoms with E-state index in [4.69, 9.17) is 9.47 Å². The second-order valence-electron chi connectivity index (χ2n) is 3.25. The minimum Gasteiger partial charge on any atom is -0.382 e. The van der Waals surface area contributed by atoms with Gasteiger partial charge in [0.05, 0.1) is 12.7 Å². The lowest BCUT2D eigenvalue weighted by molar-refractivity contribution is -0.0478. The first-order valence-electron chi connectivity index (χ1n) is 4.47. The molecular weight excluding hydrogens is 140 g/mol. The predicted molar refractivity (Wildman–Crippen MR) is 44.6 cm³/mol. The van der Waals surface area contributed by atoms with Gasteiger partial charge in [0.1, 0.15) is 0 Å². The molecule has 0 aromatic heterocycles. The van der Waals surface area contributed by atoms with Crippen molar-refractivity contribution in [2.24, 2.45) is 5.92 Å². The van der Waals surface area contributed by atoms with Crippen LogP contribution in [0.25, 0.3) is 0 Å². The van der Waals surface area contributed by atoms with Gasteiger partial charge in [0.25, 0.3) is 0 Å². The zero-order valence-electron chi connectivity index (χ0n) is 7.51. The average molecular weight is 158 g/mol. The molecule has 0 amide bonds. The SMILES string of the molecule is CC[C@H]1CCO[C@@H](COC)C1. The molecule has 1 rings (SSSR count). The Hall–Kier alpha value is -0.0800. The summed E-state index contributed by atoms with van der Waals surface area (Å²) in [5.74, 6) is 0.865. The Morgan fingerprint density at radius 3 is 3.00 bits per heavy atom. The van der Waals surface area contributed by atoms with Gasteiger partial charge >= 0.3 is 0 Å². The normalized spacial score (nSPS) is 32.2. The summed E-state index contributed by atoms with van der Waals surface area (Å²) >= 11 is 0. The van der Waals surface area contributed by atoms with Crippen molar-refractivity contribution < 1.29 is 9.47 Å². The number of rotatable bonds is 3. The van der Waals surface area contributed by atoms with Crippen LogP contribution < -0.4 is 0 Å². The molecule has 0 aliphatic carbocycles. The lowest BCUT2D eigenvalue weighted by atomic mass is 9.93. The van der Waals surface area contributed by atoms with Gasteiger partial charge in [-0.1, -0.05) is 13.3 Å². The number of hydrogen-bond acceptors (Lipinski definition) is 2. The molecule has 0 saturated carbocycles. The highest BCUT2D eigenvalue weighted by Crippen LogP contribution is 2.22. The third kappa shape index (κ3) is 2.80. The maximum atomic E-state index is 5.53. The maximum absolute atomic E-state index is 5.53. The van der Waals surface area contributed by atoms with Crippen LogP contribution in [0.2, 0.25) is 0 Å². The highest BCUT2D eigenvalue weighted by molar-refractivity contribution is 4.69. The predicted octanol–water partition coefficient (Wildman–Crippen LogP) is 1.84. The van der Waals surface area contributed by atoms with E-state index in [9.17, 15) is 0 Å². The Kier molecular flexibility index (Phi) is 3.87. The van der Waals surface area contributed by atoms with Gasteiger partial charge in [0.2, 0.25) is 0 Å². The van der Waals surface area contributed by atoms with Crippen molar-refractivity contribution >= 4 is 0 Å². The second kappa shape index (κ2) is 4.73. The number of hydrogen-bond donors (Lipinski definition) is 0. The van der Waals surface area contributed by atoms with Crippen LogP contribution in [0.5, 0.6) is 0 Å². The van der Waals surface area contributed by atoms with E-state index in [1.807, 2.05) is 0 Å². The van der Waals surface area contributed by atoms with E-state index in [-0.39, 0.29) is 0 Å². The first kappa shape index (κ1) is 9.01.